The molecule has 1 unspecified atom stereocenters. The lowest BCUT2D eigenvalue weighted by atomic mass is 9.93. The van der Waals surface area contributed by atoms with Crippen molar-refractivity contribution in [2.75, 3.05) is 26.4 Å². The van der Waals surface area contributed by atoms with Gasteiger partial charge >= 0.3 is 17.9 Å². The summed E-state index contributed by atoms with van der Waals surface area (Å²) in [5.74, 6) is -1.82. The molecule has 0 aromatic heterocycles. The number of carbonyl (C=O) groups is 3. The van der Waals surface area contributed by atoms with Crippen molar-refractivity contribution < 1.29 is 33.7 Å². The van der Waals surface area contributed by atoms with Crippen molar-refractivity contribution in [3.63, 3.8) is 0 Å². The van der Waals surface area contributed by atoms with Gasteiger partial charge in [0, 0.05) is 0 Å². The molecule has 0 fully saturated rings. The third-order valence-corrected chi connectivity index (χ3v) is 4.50. The highest BCUT2D eigenvalue weighted by atomic mass is 127. The molecule has 26 heavy (non-hydrogen) atoms. The summed E-state index contributed by atoms with van der Waals surface area (Å²) in [6.45, 7) is 7.13. The van der Waals surface area contributed by atoms with Gasteiger partial charge in [-0.05, 0) is 34.6 Å². The summed E-state index contributed by atoms with van der Waals surface area (Å²) in [4.78, 5) is 36.4. The van der Waals surface area contributed by atoms with Gasteiger partial charge in [-0.25, -0.2) is 0 Å². The van der Waals surface area contributed by atoms with Gasteiger partial charge in [0.2, 0.25) is 0 Å². The molecule has 0 aliphatic rings. The fourth-order valence-electron chi connectivity index (χ4n) is 1.35. The van der Waals surface area contributed by atoms with E-state index in [-0.39, 0.29) is 30.4 Å². The van der Waals surface area contributed by atoms with Crippen molar-refractivity contribution in [3.05, 3.63) is 0 Å². The molecule has 0 rings (SSSR count). The van der Waals surface area contributed by atoms with Gasteiger partial charge in [-0.3, -0.25) is 14.4 Å². The highest BCUT2D eigenvalue weighted by molar-refractivity contribution is 14.1. The normalized spacial score (nSPS) is 13.7. The quantitative estimate of drug-likeness (QED) is 0.175. The molecule has 0 bridgehead atoms. The van der Waals surface area contributed by atoms with Gasteiger partial charge in [0.1, 0.15) is 33.9 Å². The molecule has 7 nitrogen and oxygen atoms in total. The van der Waals surface area contributed by atoms with Crippen LogP contribution in [0.1, 0.15) is 34.6 Å². The zero-order chi connectivity index (χ0) is 20.8. The molecule has 0 aliphatic carbocycles. The van der Waals surface area contributed by atoms with Crippen LogP contribution in [0.4, 0.5) is 0 Å². The van der Waals surface area contributed by atoms with Crippen molar-refractivity contribution in [1.82, 2.24) is 0 Å². The summed E-state index contributed by atoms with van der Waals surface area (Å²) < 4.78 is 13.5. The Morgan fingerprint density at radius 3 is 1.58 bits per heavy atom. The minimum Gasteiger partial charge on any atom is -0.464 e. The Bertz CT molecular complexity index is 482. The maximum atomic E-state index is 12.5. The van der Waals surface area contributed by atoms with Gasteiger partial charge in [-0.15, -0.1) is 0 Å². The smallest absolute Gasteiger partial charge is 0.322 e. The second kappa shape index (κ2) is 10.6. The van der Waals surface area contributed by atoms with Crippen molar-refractivity contribution in [1.29, 1.82) is 0 Å². The highest BCUT2D eigenvalue weighted by Crippen LogP contribution is 2.26. The molecule has 0 aromatic rings. The molecular formula is C16H25Br2IO7. The topological polar surface area (TPSA) is 99.1 Å². The summed E-state index contributed by atoms with van der Waals surface area (Å²) in [5, 5.41) is 9.03. The van der Waals surface area contributed by atoms with Crippen LogP contribution < -0.4 is 0 Å². The number of ether oxygens (including phenoxy) is 3. The van der Waals surface area contributed by atoms with Crippen LogP contribution in [0.5, 0.6) is 0 Å². The first-order valence-electron chi connectivity index (χ1n) is 7.78. The van der Waals surface area contributed by atoms with E-state index in [2.05, 4.69) is 31.9 Å². The summed E-state index contributed by atoms with van der Waals surface area (Å²) >= 11 is 8.31. The SMILES string of the molecule is CC(C)(Br)C(=O)OCC(C)(COC(=O)C(C)(C)Br)C(=O)OCC(I)CO. The Morgan fingerprint density at radius 2 is 1.27 bits per heavy atom. The average Bonchev–Trinajstić information content (AvgIpc) is 2.52. The second-order valence-corrected chi connectivity index (χ2v) is 12.8. The van der Waals surface area contributed by atoms with Crippen LogP contribution in [0.15, 0.2) is 0 Å². The number of aliphatic hydroxyl groups excluding tert-OH is 1. The predicted molar refractivity (Wildman–Crippen MR) is 112 cm³/mol. The predicted octanol–water partition coefficient (Wildman–Crippen LogP) is 2.77. The highest BCUT2D eigenvalue weighted by Gasteiger charge is 2.41. The van der Waals surface area contributed by atoms with E-state index in [1.165, 1.54) is 6.92 Å². The van der Waals surface area contributed by atoms with Crippen LogP contribution in [0.2, 0.25) is 0 Å². The van der Waals surface area contributed by atoms with Crippen molar-refractivity contribution in [3.8, 4) is 0 Å². The van der Waals surface area contributed by atoms with E-state index >= 15 is 0 Å². The van der Waals surface area contributed by atoms with E-state index in [4.69, 9.17) is 19.3 Å². The molecule has 0 radical (unpaired) electrons. The maximum Gasteiger partial charge on any atom is 0.322 e. The van der Waals surface area contributed by atoms with E-state index < -0.39 is 32.0 Å². The molecule has 10 heteroatoms. The average molecular weight is 616 g/mol. The van der Waals surface area contributed by atoms with Gasteiger partial charge < -0.3 is 19.3 Å². The number of rotatable bonds is 10. The lowest BCUT2D eigenvalue weighted by molar-refractivity contribution is -0.171. The third-order valence-electron chi connectivity index (χ3n) is 3.10. The van der Waals surface area contributed by atoms with E-state index in [1.54, 1.807) is 27.7 Å². The molecule has 0 amide bonds. The molecular weight excluding hydrogens is 591 g/mol. The summed E-state index contributed by atoms with van der Waals surface area (Å²) in [6, 6.07) is 0. The number of carbonyl (C=O) groups excluding carboxylic acids is 3. The van der Waals surface area contributed by atoms with E-state index in [9.17, 15) is 14.4 Å². The largest absolute Gasteiger partial charge is 0.464 e. The molecule has 152 valence electrons. The summed E-state index contributed by atoms with van der Waals surface area (Å²) in [6.07, 6.45) is 0. The Balaban J connectivity index is 5.14. The molecule has 0 spiro atoms. The monoisotopic (exact) mass is 614 g/mol. The molecule has 1 N–H and O–H groups in total. The minimum atomic E-state index is -1.38. The van der Waals surface area contributed by atoms with Crippen molar-refractivity contribution >= 4 is 72.4 Å². The zero-order valence-corrected chi connectivity index (χ0v) is 20.8. The number of hydrogen-bond donors (Lipinski definition) is 1. The third kappa shape index (κ3) is 9.32. The maximum absolute atomic E-state index is 12.5. The van der Waals surface area contributed by atoms with E-state index in [0.29, 0.717) is 0 Å². The Morgan fingerprint density at radius 1 is 0.885 bits per heavy atom. The second-order valence-electron chi connectivity index (χ2n) is 7.04. The van der Waals surface area contributed by atoms with Crippen LogP contribution in [0.3, 0.4) is 0 Å². The first kappa shape index (κ1) is 26.1. The molecule has 0 saturated carbocycles. The Kier molecular flexibility index (Phi) is 10.6. The number of esters is 3. The summed E-state index contributed by atoms with van der Waals surface area (Å²) in [7, 11) is 0. The molecule has 0 saturated heterocycles. The van der Waals surface area contributed by atoms with Gasteiger partial charge in [-0.1, -0.05) is 54.5 Å². The van der Waals surface area contributed by atoms with Gasteiger partial charge in [0.05, 0.1) is 10.5 Å². The molecule has 1 atom stereocenters. The van der Waals surface area contributed by atoms with Crippen molar-refractivity contribution in [2.45, 2.75) is 47.2 Å². The molecule has 0 aliphatic heterocycles. The number of halogens is 3. The first-order chi connectivity index (χ1) is 11.6. The molecule has 0 heterocycles. The molecule has 0 aromatic carbocycles. The van der Waals surface area contributed by atoms with Gasteiger partial charge in [0.15, 0.2) is 0 Å². The van der Waals surface area contributed by atoms with E-state index in [0.717, 1.165) is 0 Å². The standard InChI is InChI=1S/C16H25Br2IO7/c1-14(2,17)11(21)25-8-16(5,9-26-12(22)15(3,4)18)13(23)24-7-10(19)6-20/h10,20H,6-9H2,1-5H3. The summed E-state index contributed by atoms with van der Waals surface area (Å²) in [5.41, 5.74) is -1.38. The zero-order valence-electron chi connectivity index (χ0n) is 15.4. The van der Waals surface area contributed by atoms with Crippen LogP contribution in [0, 0.1) is 5.41 Å². The fourth-order valence-corrected chi connectivity index (χ4v) is 1.75. The fraction of sp³-hybridized carbons (Fsp3) is 0.812. The van der Waals surface area contributed by atoms with Crippen LogP contribution >= 0.6 is 54.5 Å². The lowest BCUT2D eigenvalue weighted by Crippen LogP contribution is -2.43. The van der Waals surface area contributed by atoms with Crippen molar-refractivity contribution in [2.24, 2.45) is 5.41 Å². The van der Waals surface area contributed by atoms with Crippen LogP contribution in [0.25, 0.3) is 0 Å². The Hall–Kier alpha value is 0.0600. The lowest BCUT2D eigenvalue weighted by Gasteiger charge is -2.29. The first-order valence-corrected chi connectivity index (χ1v) is 10.6. The number of aliphatic hydroxyl groups is 1. The minimum absolute atomic E-state index is 0.0126. The van der Waals surface area contributed by atoms with Gasteiger partial charge in [0.25, 0.3) is 0 Å². The van der Waals surface area contributed by atoms with Gasteiger partial charge in [-0.2, -0.15) is 0 Å². The number of alkyl halides is 3. The van der Waals surface area contributed by atoms with Crippen LogP contribution in [-0.2, 0) is 28.6 Å². The van der Waals surface area contributed by atoms with Crippen LogP contribution in [-0.4, -0.2) is 62.0 Å². The number of hydrogen-bond acceptors (Lipinski definition) is 7. The van der Waals surface area contributed by atoms with E-state index in [1.807, 2.05) is 22.6 Å². The Labute approximate surface area is 184 Å².